The van der Waals surface area contributed by atoms with Crippen LogP contribution in [0.2, 0.25) is 0 Å². The Kier molecular flexibility index (Phi) is 16.0. The van der Waals surface area contributed by atoms with Gasteiger partial charge in [-0.2, -0.15) is 5.10 Å². The van der Waals surface area contributed by atoms with Gasteiger partial charge in [-0.1, -0.05) is 26.0 Å². The number of aryl methyl sites for hydroxylation is 1. The molecule has 2 N–H and O–H groups in total. The lowest BCUT2D eigenvalue weighted by atomic mass is 9.91. The zero-order valence-electron chi connectivity index (χ0n) is 47.4. The number of aromatic nitrogens is 7. The molecule has 2 aromatic carbocycles. The molecule has 1 unspecified atom stereocenters. The molecule has 9 rings (SSSR count). The van der Waals surface area contributed by atoms with Gasteiger partial charge in [0.1, 0.15) is 47.4 Å². The smallest absolute Gasteiger partial charge is 0.410 e. The van der Waals surface area contributed by atoms with Crippen LogP contribution in [0, 0.1) is 19.7 Å². The Balaban J connectivity index is 0.838. The van der Waals surface area contributed by atoms with Crippen molar-refractivity contribution in [3.63, 3.8) is 0 Å². The first-order valence-electron chi connectivity index (χ1n) is 26.9. The number of hydrogen-bond donors (Lipinski definition) is 2. The molecule has 3 atom stereocenters. The third-order valence-corrected chi connectivity index (χ3v) is 17.5. The summed E-state index contributed by atoms with van der Waals surface area (Å²) in [4.78, 5) is 61.8. The van der Waals surface area contributed by atoms with Crippen molar-refractivity contribution in [3.8, 4) is 11.5 Å². The van der Waals surface area contributed by atoms with Gasteiger partial charge in [0.2, 0.25) is 11.9 Å². The van der Waals surface area contributed by atoms with Crippen molar-refractivity contribution in [1.82, 2.24) is 49.8 Å². The third kappa shape index (κ3) is 12.6. The maximum Gasteiger partial charge on any atom is 0.410 e. The van der Waals surface area contributed by atoms with Crippen molar-refractivity contribution < 1.29 is 36.6 Å². The van der Waals surface area contributed by atoms with E-state index in [0.29, 0.717) is 86.5 Å². The number of ether oxygens (including phenoxy) is 3. The maximum absolute atomic E-state index is 14.6. The van der Waals surface area contributed by atoms with E-state index < -0.39 is 20.2 Å². The van der Waals surface area contributed by atoms with E-state index in [1.807, 2.05) is 58.7 Å². The number of carbonyl (C=O) groups is 2. The number of rotatable bonds is 15. The minimum atomic E-state index is -3.90. The number of pyridine rings is 1. The van der Waals surface area contributed by atoms with Crippen LogP contribution in [-0.2, 0) is 31.2 Å². The lowest BCUT2D eigenvalue weighted by molar-refractivity contribution is -0.121. The van der Waals surface area contributed by atoms with E-state index in [1.54, 1.807) is 62.3 Å². The van der Waals surface area contributed by atoms with Crippen molar-refractivity contribution >= 4 is 56.0 Å². The number of piperazine rings is 2. The lowest BCUT2D eigenvalue weighted by Crippen LogP contribution is -2.65. The molecule has 4 aromatic heterocycles. The molecular formula is C57H74FN13O7S. The van der Waals surface area contributed by atoms with Crippen LogP contribution in [0.15, 0.2) is 72.3 Å². The molecule has 0 spiro atoms. The van der Waals surface area contributed by atoms with Crippen LogP contribution in [0.5, 0.6) is 11.5 Å². The highest BCUT2D eigenvalue weighted by atomic mass is 32.2. The largest absolute Gasteiger partial charge is 0.489 e. The summed E-state index contributed by atoms with van der Waals surface area (Å²) in [5, 5.41) is 11.0. The number of anilines is 4. The molecule has 2 saturated heterocycles. The van der Waals surface area contributed by atoms with Gasteiger partial charge in [-0.25, -0.2) is 37.5 Å². The number of hydrogen-bond acceptors (Lipinski definition) is 17. The van der Waals surface area contributed by atoms with Gasteiger partial charge in [0, 0.05) is 98.3 Å². The minimum absolute atomic E-state index is 0.00723. The first-order valence-corrected chi connectivity index (χ1v) is 28.4. The van der Waals surface area contributed by atoms with Gasteiger partial charge in [0.25, 0.3) is 0 Å². The van der Waals surface area contributed by atoms with Crippen LogP contribution in [0.1, 0.15) is 97.3 Å². The van der Waals surface area contributed by atoms with Gasteiger partial charge >= 0.3 is 6.09 Å². The van der Waals surface area contributed by atoms with Crippen molar-refractivity contribution in [2.24, 2.45) is 0 Å². The number of H-pyrrole nitrogens is 1. The fraction of sp³-hybridized carbons (Fsp3) is 0.509. The fourth-order valence-corrected chi connectivity index (χ4v) is 11.7. The molecule has 2 amide bonds. The molecule has 0 bridgehead atoms. The second-order valence-electron chi connectivity index (χ2n) is 23.8. The summed E-state index contributed by atoms with van der Waals surface area (Å²) in [6.45, 7) is 26.9. The normalized spacial score (nSPS) is 19.2. The van der Waals surface area contributed by atoms with Gasteiger partial charge in [0.05, 0.1) is 40.6 Å². The highest BCUT2D eigenvalue weighted by molar-refractivity contribution is 7.92. The molecule has 0 radical (unpaired) electrons. The Morgan fingerprint density at radius 3 is 2.23 bits per heavy atom. The summed E-state index contributed by atoms with van der Waals surface area (Å²) in [6, 6.07) is 11.3. The summed E-state index contributed by atoms with van der Waals surface area (Å²) >= 11 is 0. The van der Waals surface area contributed by atoms with E-state index in [0.717, 1.165) is 33.8 Å². The Hall–Kier alpha value is -7.04. The molecule has 79 heavy (non-hydrogen) atoms. The van der Waals surface area contributed by atoms with Crippen LogP contribution in [0.3, 0.4) is 0 Å². The molecule has 3 aliphatic heterocycles. The van der Waals surface area contributed by atoms with Gasteiger partial charge in [-0.15, -0.1) is 0 Å². The van der Waals surface area contributed by atoms with E-state index in [2.05, 4.69) is 70.9 Å². The number of sulfone groups is 1. The molecule has 0 aliphatic carbocycles. The monoisotopic (exact) mass is 1100 g/mol. The topological polar surface area (TPSA) is 217 Å². The number of benzene rings is 2. The van der Waals surface area contributed by atoms with E-state index >= 15 is 0 Å². The molecule has 6 aromatic rings. The summed E-state index contributed by atoms with van der Waals surface area (Å²) in [6.07, 6.45) is 6.67. The average molecular weight is 1100 g/mol. The number of nitrogens with one attached hydrogen (secondary N) is 2. The number of halogens is 1. The molecule has 20 nitrogen and oxygen atoms in total. The SMILES string of the molecule is Cc1[nH]nc(Nc2ncnc3cc(OCCOc4cnc(N5CCN(C[C@H]6CN(C(=O)OC(C)(C)C)[C@H](C)CN6CC(=O)N6CC(C)(C)c7ncc(Cc8ccc(F)cc8)cc76)C(C)C5)nc4)c(S(=O)(=O)C(C)(C)C)cc23)c1C. The molecular weight excluding hydrogens is 1030 g/mol. The van der Waals surface area contributed by atoms with Gasteiger partial charge in [0.15, 0.2) is 21.4 Å². The average Bonchev–Trinajstić information content (AvgIpc) is 3.88. The van der Waals surface area contributed by atoms with E-state index in [4.69, 9.17) is 19.2 Å². The highest BCUT2D eigenvalue weighted by Gasteiger charge is 2.43. The van der Waals surface area contributed by atoms with Crippen LogP contribution in [-0.4, -0.2) is 164 Å². The Morgan fingerprint density at radius 1 is 0.835 bits per heavy atom. The first-order chi connectivity index (χ1) is 37.2. The van der Waals surface area contributed by atoms with Crippen molar-refractivity contribution in [2.75, 3.05) is 80.7 Å². The number of nitrogens with zero attached hydrogens (tertiary/aromatic N) is 11. The Labute approximate surface area is 462 Å². The van der Waals surface area contributed by atoms with Crippen LogP contribution < -0.4 is 24.6 Å². The molecule has 422 valence electrons. The summed E-state index contributed by atoms with van der Waals surface area (Å²) in [5.41, 5.74) is 4.80. The summed E-state index contributed by atoms with van der Waals surface area (Å²) in [5.74, 6) is 1.77. The van der Waals surface area contributed by atoms with Gasteiger partial charge in [-0.3, -0.25) is 24.7 Å². The number of aromatic amines is 1. The van der Waals surface area contributed by atoms with Crippen LogP contribution in [0.25, 0.3) is 10.9 Å². The second-order valence-corrected chi connectivity index (χ2v) is 26.4. The second kappa shape index (κ2) is 22.2. The lowest BCUT2D eigenvalue weighted by Gasteiger charge is -2.48. The Bertz CT molecular complexity index is 3310. The van der Waals surface area contributed by atoms with Crippen LogP contribution >= 0.6 is 0 Å². The number of amides is 2. The predicted molar refractivity (Wildman–Crippen MR) is 301 cm³/mol. The van der Waals surface area contributed by atoms with E-state index in [9.17, 15) is 22.4 Å². The predicted octanol–water partition coefficient (Wildman–Crippen LogP) is 7.80. The van der Waals surface area contributed by atoms with E-state index in [1.165, 1.54) is 18.5 Å². The van der Waals surface area contributed by atoms with E-state index in [-0.39, 0.29) is 71.8 Å². The summed E-state index contributed by atoms with van der Waals surface area (Å²) < 4.78 is 58.6. The fourth-order valence-electron chi connectivity index (χ4n) is 10.4. The number of fused-ring (bicyclic) bond motifs is 2. The zero-order valence-corrected chi connectivity index (χ0v) is 48.2. The maximum atomic E-state index is 14.6. The molecule has 0 saturated carbocycles. The quantitative estimate of drug-likeness (QED) is 0.0938. The highest BCUT2D eigenvalue weighted by Crippen LogP contribution is 2.41. The standard InChI is InChI=1S/C57H74FN13O7S/c1-35-28-68(53-60-26-43(27-61-53)76-19-20-77-47-24-45-44(23-48(47)79(74,75)56(8,9)10)52(63-34-62-45)64-51-37(3)38(4)65-66-51)18-17-67(35)30-42-31-70(54(73)78-55(5,6)7)36(2)29-69(42)32-49(72)71-33-57(11,12)50-46(71)22-40(25-59-50)21-39-13-15-41(58)16-14-39/h13-16,22-27,34-36,42H,17-21,28-33H2,1-12H3,(H2,62,63,64,65,66)/t35?,36-,42+/m1/s1. The third-order valence-electron chi connectivity index (χ3n) is 15.0. The minimum Gasteiger partial charge on any atom is -0.489 e. The zero-order chi connectivity index (χ0) is 56.8. The van der Waals surface area contributed by atoms with Gasteiger partial charge < -0.3 is 34.2 Å². The van der Waals surface area contributed by atoms with Crippen molar-refractivity contribution in [1.29, 1.82) is 0 Å². The van der Waals surface area contributed by atoms with Crippen LogP contribution in [0.4, 0.5) is 32.5 Å². The molecule has 22 heteroatoms. The number of carbonyl (C=O) groups excluding carboxylic acids is 2. The van der Waals surface area contributed by atoms with Crippen molar-refractivity contribution in [2.45, 2.75) is 128 Å². The molecule has 7 heterocycles. The summed E-state index contributed by atoms with van der Waals surface area (Å²) in [7, 11) is -3.90. The van der Waals surface area contributed by atoms with Crippen molar-refractivity contribution in [3.05, 3.63) is 101 Å². The molecule has 3 aliphatic rings. The van der Waals surface area contributed by atoms with Gasteiger partial charge in [-0.05, 0) is 111 Å². The molecule has 2 fully saturated rings. The Morgan fingerprint density at radius 2 is 1.56 bits per heavy atom. The first kappa shape index (κ1) is 56.7.